The fourth-order valence-corrected chi connectivity index (χ4v) is 3.91. The molecule has 0 bridgehead atoms. The van der Waals surface area contributed by atoms with E-state index in [0.29, 0.717) is 38.0 Å². The Kier molecular flexibility index (Phi) is 9.51. The molecule has 2 aromatic heterocycles. The van der Waals surface area contributed by atoms with Gasteiger partial charge < -0.3 is 19.9 Å². The van der Waals surface area contributed by atoms with Gasteiger partial charge in [0.15, 0.2) is 5.69 Å². The molecule has 0 aliphatic rings. The summed E-state index contributed by atoms with van der Waals surface area (Å²) in [5.41, 5.74) is 1.44. The van der Waals surface area contributed by atoms with Crippen LogP contribution in [0.4, 0.5) is 13.2 Å². The van der Waals surface area contributed by atoms with Gasteiger partial charge in [-0.25, -0.2) is 0 Å². The molecule has 2 aromatic carbocycles. The molecular weight excluding hydrogens is 541 g/mol. The van der Waals surface area contributed by atoms with Crippen LogP contribution < -0.4 is 20.9 Å². The van der Waals surface area contributed by atoms with Gasteiger partial charge in [-0.1, -0.05) is 47.7 Å². The number of unbranched alkanes of at least 4 members (excludes halogenated alkanes) is 1. The zero-order chi connectivity index (χ0) is 29.2. The standard InChI is InChI=1S/C28H27F3N6O4/c29-28(30,31)41-23-10-6-9-21(15-23)18-33-27(40)24-19-37(35-34-24)13-5-4-12-36-14-11-22(16-25(36)38)26(39)32-17-20-7-2-1-3-8-20/h1-3,6-11,14-16,19H,4-5,12-13,17-18H2,(H,32,39)(H,33,40). The molecule has 0 atom stereocenters. The van der Waals surface area contributed by atoms with Crippen LogP contribution >= 0.6 is 0 Å². The van der Waals surface area contributed by atoms with Crippen molar-refractivity contribution in [2.45, 2.75) is 45.4 Å². The summed E-state index contributed by atoms with van der Waals surface area (Å²) in [5.74, 6) is -1.23. The third-order valence-corrected chi connectivity index (χ3v) is 5.95. The van der Waals surface area contributed by atoms with Crippen LogP contribution in [0.5, 0.6) is 5.75 Å². The van der Waals surface area contributed by atoms with Crippen molar-refractivity contribution in [2.75, 3.05) is 0 Å². The van der Waals surface area contributed by atoms with Gasteiger partial charge in [0.2, 0.25) is 0 Å². The van der Waals surface area contributed by atoms with Crippen LogP contribution in [-0.4, -0.2) is 37.7 Å². The van der Waals surface area contributed by atoms with E-state index in [-0.39, 0.29) is 35.0 Å². The van der Waals surface area contributed by atoms with Crippen molar-refractivity contribution in [1.82, 2.24) is 30.2 Å². The summed E-state index contributed by atoms with van der Waals surface area (Å²) in [6.45, 7) is 1.22. The van der Waals surface area contributed by atoms with Gasteiger partial charge in [-0.3, -0.25) is 19.1 Å². The van der Waals surface area contributed by atoms with Crippen molar-refractivity contribution >= 4 is 11.8 Å². The van der Waals surface area contributed by atoms with Gasteiger partial charge in [0.25, 0.3) is 17.4 Å². The first-order valence-corrected chi connectivity index (χ1v) is 12.7. The molecule has 0 saturated carbocycles. The van der Waals surface area contributed by atoms with E-state index in [1.165, 1.54) is 39.7 Å². The average molecular weight is 569 g/mol. The predicted molar refractivity (Wildman–Crippen MR) is 142 cm³/mol. The molecule has 2 heterocycles. The molecule has 0 unspecified atom stereocenters. The minimum Gasteiger partial charge on any atom is -0.406 e. The second kappa shape index (κ2) is 13.4. The average Bonchev–Trinajstić information content (AvgIpc) is 3.42. The number of carbonyl (C=O) groups excluding carboxylic acids is 2. The van der Waals surface area contributed by atoms with E-state index in [1.807, 2.05) is 30.3 Å². The van der Waals surface area contributed by atoms with Crippen molar-refractivity contribution < 1.29 is 27.5 Å². The molecule has 2 N–H and O–H groups in total. The van der Waals surface area contributed by atoms with Crippen molar-refractivity contribution in [2.24, 2.45) is 0 Å². The third-order valence-electron chi connectivity index (χ3n) is 5.95. The summed E-state index contributed by atoms with van der Waals surface area (Å²) in [6.07, 6.45) is -0.475. The van der Waals surface area contributed by atoms with E-state index in [1.54, 1.807) is 18.3 Å². The van der Waals surface area contributed by atoms with Crippen LogP contribution in [0.1, 0.15) is 44.8 Å². The molecule has 0 aliphatic heterocycles. The van der Waals surface area contributed by atoms with Crippen LogP contribution in [0.2, 0.25) is 0 Å². The Labute approximate surface area is 232 Å². The lowest BCUT2D eigenvalue weighted by atomic mass is 10.2. The molecule has 0 radical (unpaired) electrons. The minimum atomic E-state index is -4.80. The quantitative estimate of drug-likeness (QED) is 0.252. The Morgan fingerprint density at radius 2 is 1.56 bits per heavy atom. The SMILES string of the molecule is O=C(NCc1ccccc1)c1ccn(CCCCn2cc(C(=O)NCc3cccc(OC(F)(F)F)c3)nn2)c(=O)c1. The molecule has 13 heteroatoms. The normalized spacial score (nSPS) is 11.2. The molecule has 4 rings (SSSR count). The number of hydrogen-bond acceptors (Lipinski definition) is 6. The molecule has 0 saturated heterocycles. The zero-order valence-corrected chi connectivity index (χ0v) is 21.8. The first kappa shape index (κ1) is 29.1. The monoisotopic (exact) mass is 568 g/mol. The van der Waals surface area contributed by atoms with Gasteiger partial charge >= 0.3 is 6.36 Å². The second-order valence-corrected chi connectivity index (χ2v) is 9.07. The summed E-state index contributed by atoms with van der Waals surface area (Å²) in [5, 5.41) is 13.1. The highest BCUT2D eigenvalue weighted by molar-refractivity contribution is 5.94. The van der Waals surface area contributed by atoms with Gasteiger partial charge in [0.1, 0.15) is 5.75 Å². The van der Waals surface area contributed by atoms with Crippen molar-refractivity contribution in [3.05, 3.63) is 112 Å². The molecule has 10 nitrogen and oxygen atoms in total. The maximum Gasteiger partial charge on any atom is 0.573 e. The van der Waals surface area contributed by atoms with Gasteiger partial charge in [0.05, 0.1) is 6.20 Å². The van der Waals surface area contributed by atoms with E-state index in [2.05, 4.69) is 25.7 Å². The van der Waals surface area contributed by atoms with Crippen molar-refractivity contribution in [3.63, 3.8) is 0 Å². The number of benzene rings is 2. The number of amides is 2. The fourth-order valence-electron chi connectivity index (χ4n) is 3.91. The smallest absolute Gasteiger partial charge is 0.406 e. The first-order valence-electron chi connectivity index (χ1n) is 12.7. The number of aromatic nitrogens is 4. The zero-order valence-electron chi connectivity index (χ0n) is 21.8. The number of carbonyl (C=O) groups is 2. The van der Waals surface area contributed by atoms with E-state index < -0.39 is 12.3 Å². The van der Waals surface area contributed by atoms with Crippen molar-refractivity contribution in [1.29, 1.82) is 0 Å². The topological polar surface area (TPSA) is 120 Å². The van der Waals surface area contributed by atoms with E-state index in [9.17, 15) is 27.6 Å². The summed E-state index contributed by atoms with van der Waals surface area (Å²) in [7, 11) is 0. The van der Waals surface area contributed by atoms with Crippen LogP contribution in [-0.2, 0) is 26.2 Å². The summed E-state index contributed by atoms with van der Waals surface area (Å²) >= 11 is 0. The van der Waals surface area contributed by atoms with E-state index in [0.717, 1.165) is 5.56 Å². The lowest BCUT2D eigenvalue weighted by Gasteiger charge is -2.10. The lowest BCUT2D eigenvalue weighted by molar-refractivity contribution is -0.274. The number of hydrogen-bond donors (Lipinski definition) is 2. The van der Waals surface area contributed by atoms with Crippen molar-refractivity contribution in [3.8, 4) is 5.75 Å². The number of pyridine rings is 1. The highest BCUT2D eigenvalue weighted by Gasteiger charge is 2.31. The number of halogens is 3. The number of ether oxygens (including phenoxy) is 1. The van der Waals surface area contributed by atoms with E-state index >= 15 is 0 Å². The Morgan fingerprint density at radius 1 is 0.854 bits per heavy atom. The molecule has 41 heavy (non-hydrogen) atoms. The van der Waals surface area contributed by atoms with Crippen LogP contribution in [0.15, 0.2) is 83.9 Å². The number of nitrogens with one attached hydrogen (secondary N) is 2. The molecule has 4 aromatic rings. The summed E-state index contributed by atoms with van der Waals surface area (Å²) in [6, 6.07) is 17.7. The second-order valence-electron chi connectivity index (χ2n) is 9.07. The van der Waals surface area contributed by atoms with E-state index in [4.69, 9.17) is 0 Å². The predicted octanol–water partition coefficient (Wildman–Crippen LogP) is 3.68. The molecular formula is C28H27F3N6O4. The molecule has 0 fully saturated rings. The first-order chi connectivity index (χ1) is 19.7. The van der Waals surface area contributed by atoms with Gasteiger partial charge in [-0.15, -0.1) is 18.3 Å². The molecule has 0 spiro atoms. The van der Waals surface area contributed by atoms with Crippen LogP contribution in [0, 0.1) is 0 Å². The Balaban J connectivity index is 1.19. The Morgan fingerprint density at radius 3 is 2.32 bits per heavy atom. The molecule has 0 aliphatic carbocycles. The largest absolute Gasteiger partial charge is 0.573 e. The Hall–Kier alpha value is -4.94. The Bertz CT molecular complexity index is 1540. The maximum absolute atomic E-state index is 12.5. The van der Waals surface area contributed by atoms with Gasteiger partial charge in [-0.05, 0) is 42.2 Å². The minimum absolute atomic E-state index is 0.0248. The summed E-state index contributed by atoms with van der Waals surface area (Å²) in [4.78, 5) is 37.2. The number of alkyl halides is 3. The highest BCUT2D eigenvalue weighted by Crippen LogP contribution is 2.23. The molecule has 2 amide bonds. The van der Waals surface area contributed by atoms with Crippen LogP contribution in [0.25, 0.3) is 0 Å². The highest BCUT2D eigenvalue weighted by atomic mass is 19.4. The maximum atomic E-state index is 12.5. The number of rotatable bonds is 12. The molecule has 214 valence electrons. The number of nitrogens with zero attached hydrogens (tertiary/aromatic N) is 4. The van der Waals surface area contributed by atoms with Gasteiger partial charge in [-0.2, -0.15) is 0 Å². The number of aryl methyl sites for hydroxylation is 2. The summed E-state index contributed by atoms with van der Waals surface area (Å²) < 4.78 is 44.1. The van der Waals surface area contributed by atoms with Crippen LogP contribution in [0.3, 0.4) is 0 Å². The lowest BCUT2D eigenvalue weighted by Crippen LogP contribution is -2.26. The van der Waals surface area contributed by atoms with Gasteiger partial charge in [0, 0.05) is 44.0 Å². The fraction of sp³-hybridized carbons (Fsp3) is 0.250. The third kappa shape index (κ3) is 9.05.